The van der Waals surface area contributed by atoms with E-state index in [-0.39, 0.29) is 0 Å². The maximum Gasteiger partial charge on any atom is 0.164 e. The van der Waals surface area contributed by atoms with Gasteiger partial charge in [-0.15, -0.1) is 0 Å². The Morgan fingerprint density at radius 3 is 1.48 bits per heavy atom. The van der Waals surface area contributed by atoms with Gasteiger partial charge in [0.25, 0.3) is 0 Å². The zero-order chi connectivity index (χ0) is 43.7. The third-order valence-electron chi connectivity index (χ3n) is 11.6. The molecule has 0 radical (unpaired) electrons. The monoisotopic (exact) mass is 830 g/mol. The van der Waals surface area contributed by atoms with Crippen LogP contribution in [0.4, 0.5) is 0 Å². The number of benzene rings is 8. The second-order valence-corrected chi connectivity index (χ2v) is 15.5. The van der Waals surface area contributed by atoms with Crippen LogP contribution in [0.5, 0.6) is 0 Å². The van der Waals surface area contributed by atoms with Crippen molar-refractivity contribution in [3.63, 3.8) is 0 Å². The zero-order valence-electron chi connectivity index (χ0n) is 34.7. The Bertz CT molecular complexity index is 3550. The van der Waals surface area contributed by atoms with Crippen molar-refractivity contribution in [2.45, 2.75) is 0 Å². The van der Waals surface area contributed by atoms with Gasteiger partial charge < -0.3 is 4.57 Å². The number of nitrogens with zero attached hydrogens (tertiary/aromatic N) is 8. The first kappa shape index (κ1) is 38.5. The molecule has 0 N–H and O–H groups in total. The molecular formula is C57H34N8. The number of rotatable bonds is 8. The minimum absolute atomic E-state index is 0.444. The van der Waals surface area contributed by atoms with Gasteiger partial charge in [0.2, 0.25) is 0 Å². The van der Waals surface area contributed by atoms with Gasteiger partial charge in [0.1, 0.15) is 0 Å². The van der Waals surface area contributed by atoms with Crippen molar-refractivity contribution in [1.29, 1.82) is 10.5 Å². The van der Waals surface area contributed by atoms with Gasteiger partial charge in [0, 0.05) is 44.2 Å². The van der Waals surface area contributed by atoms with Crippen molar-refractivity contribution in [1.82, 2.24) is 29.5 Å². The predicted molar refractivity (Wildman–Crippen MR) is 257 cm³/mol. The summed E-state index contributed by atoms with van der Waals surface area (Å²) >= 11 is 0. The lowest BCUT2D eigenvalue weighted by atomic mass is 9.97. The quantitative estimate of drug-likeness (QED) is 0.150. The molecule has 0 unspecified atom stereocenters. The number of fused-ring (bicyclic) bond motifs is 3. The molecule has 0 spiro atoms. The van der Waals surface area contributed by atoms with Crippen LogP contribution in [-0.4, -0.2) is 29.5 Å². The highest BCUT2D eigenvalue weighted by Crippen LogP contribution is 2.41. The van der Waals surface area contributed by atoms with E-state index in [1.807, 2.05) is 133 Å². The fraction of sp³-hybridized carbons (Fsp3) is 0. The third kappa shape index (κ3) is 7.23. The van der Waals surface area contributed by atoms with Gasteiger partial charge in [-0.25, -0.2) is 24.9 Å². The number of nitriles is 2. The number of hydrogen-bond acceptors (Lipinski definition) is 7. The van der Waals surface area contributed by atoms with E-state index in [9.17, 15) is 10.5 Å². The molecule has 11 rings (SSSR count). The van der Waals surface area contributed by atoms with Gasteiger partial charge in [0.05, 0.1) is 51.4 Å². The number of para-hydroxylation sites is 1. The van der Waals surface area contributed by atoms with Crippen molar-refractivity contribution in [3.8, 4) is 97.0 Å². The van der Waals surface area contributed by atoms with Crippen molar-refractivity contribution < 1.29 is 0 Å². The molecule has 0 saturated carbocycles. The molecule has 302 valence electrons. The van der Waals surface area contributed by atoms with Crippen LogP contribution in [0.2, 0.25) is 0 Å². The summed E-state index contributed by atoms with van der Waals surface area (Å²) in [6.07, 6.45) is 0. The summed E-state index contributed by atoms with van der Waals surface area (Å²) in [4.78, 5) is 25.7. The van der Waals surface area contributed by atoms with Gasteiger partial charge in [-0.05, 0) is 65.7 Å². The topological polar surface area (TPSA) is 117 Å². The molecular weight excluding hydrogens is 797 g/mol. The van der Waals surface area contributed by atoms with Crippen molar-refractivity contribution in [2.24, 2.45) is 0 Å². The number of hydrogen-bond donors (Lipinski definition) is 0. The molecule has 0 bridgehead atoms. The fourth-order valence-corrected chi connectivity index (χ4v) is 8.43. The Balaban J connectivity index is 1.19. The van der Waals surface area contributed by atoms with Gasteiger partial charge in [-0.3, -0.25) is 0 Å². The summed E-state index contributed by atoms with van der Waals surface area (Å²) in [7, 11) is 0. The third-order valence-corrected chi connectivity index (χ3v) is 11.6. The smallest absolute Gasteiger partial charge is 0.164 e. The lowest BCUT2D eigenvalue weighted by Crippen LogP contribution is -2.03. The normalized spacial score (nSPS) is 11.0. The molecule has 0 aliphatic carbocycles. The van der Waals surface area contributed by atoms with E-state index in [1.165, 1.54) is 0 Å². The molecule has 0 aliphatic heterocycles. The van der Waals surface area contributed by atoms with Gasteiger partial charge in [0.15, 0.2) is 23.3 Å². The van der Waals surface area contributed by atoms with E-state index >= 15 is 0 Å². The molecule has 0 fully saturated rings. The van der Waals surface area contributed by atoms with E-state index in [0.717, 1.165) is 77.7 Å². The summed E-state index contributed by atoms with van der Waals surface area (Å²) in [5, 5.41) is 21.7. The second kappa shape index (κ2) is 16.5. The summed E-state index contributed by atoms with van der Waals surface area (Å²) < 4.78 is 2.28. The first-order chi connectivity index (χ1) is 32.1. The van der Waals surface area contributed by atoms with Gasteiger partial charge in [-0.2, -0.15) is 10.5 Å². The average molecular weight is 831 g/mol. The summed E-state index contributed by atoms with van der Waals surface area (Å²) in [6, 6.07) is 72.9. The maximum absolute atomic E-state index is 10.1. The predicted octanol–water partition coefficient (Wildman–Crippen LogP) is 13.2. The lowest BCUT2D eigenvalue weighted by Gasteiger charge is -2.17. The minimum atomic E-state index is 0.444. The van der Waals surface area contributed by atoms with Crippen LogP contribution in [-0.2, 0) is 0 Å². The molecule has 65 heavy (non-hydrogen) atoms. The standard InChI is InChI=1S/C57H34N8/c58-35-37-25-28-45(44(31-37)36-59)42-26-29-52-47(32-42)46-23-13-14-24-51(46)65(52)53-30-27-43(57-63-55(40-19-9-3-10-20-40)62-56(64-57)41-21-11-4-12-22-41)33-48(53)50-34-49(38-15-5-1-6-16-38)60-54(61-50)39-17-7-2-8-18-39/h1-34H. The molecule has 0 atom stereocenters. The molecule has 8 nitrogen and oxygen atoms in total. The Morgan fingerprint density at radius 1 is 0.338 bits per heavy atom. The molecule has 8 heteroatoms. The molecule has 8 aromatic carbocycles. The van der Waals surface area contributed by atoms with Gasteiger partial charge >= 0.3 is 0 Å². The highest BCUT2D eigenvalue weighted by molar-refractivity contribution is 6.11. The maximum atomic E-state index is 10.1. The van der Waals surface area contributed by atoms with Crippen molar-refractivity contribution >= 4 is 21.8 Å². The average Bonchev–Trinajstić information content (AvgIpc) is 3.72. The Hall–Kier alpha value is -9.37. The zero-order valence-corrected chi connectivity index (χ0v) is 34.7. The Morgan fingerprint density at radius 2 is 0.862 bits per heavy atom. The Kier molecular flexibility index (Phi) is 9.78. The van der Waals surface area contributed by atoms with Crippen LogP contribution in [0.15, 0.2) is 206 Å². The molecule has 3 heterocycles. The minimum Gasteiger partial charge on any atom is -0.309 e. The van der Waals surface area contributed by atoms with Crippen molar-refractivity contribution in [2.75, 3.05) is 0 Å². The van der Waals surface area contributed by atoms with Crippen LogP contribution in [0.3, 0.4) is 0 Å². The highest BCUT2D eigenvalue weighted by Gasteiger charge is 2.22. The summed E-state index contributed by atoms with van der Waals surface area (Å²) in [5.74, 6) is 2.26. The highest BCUT2D eigenvalue weighted by atomic mass is 15.0. The molecule has 0 aliphatic rings. The first-order valence-electron chi connectivity index (χ1n) is 21.1. The van der Waals surface area contributed by atoms with E-state index in [2.05, 4.69) is 77.4 Å². The molecule has 0 saturated heterocycles. The number of aromatic nitrogens is 6. The summed E-state index contributed by atoms with van der Waals surface area (Å²) in [6.45, 7) is 0. The van der Waals surface area contributed by atoms with E-state index in [0.29, 0.717) is 40.1 Å². The van der Waals surface area contributed by atoms with E-state index in [4.69, 9.17) is 24.9 Å². The second-order valence-electron chi connectivity index (χ2n) is 15.5. The SMILES string of the molecule is N#Cc1ccc(-c2ccc3c(c2)c2ccccc2n3-c2ccc(-c3nc(-c4ccccc4)nc(-c4ccccc4)n3)cc2-c2cc(-c3ccccc3)nc(-c3ccccc3)n2)c(C#N)c1. The van der Waals surface area contributed by atoms with Crippen LogP contribution in [0, 0.1) is 22.7 Å². The first-order valence-corrected chi connectivity index (χ1v) is 21.1. The lowest BCUT2D eigenvalue weighted by molar-refractivity contribution is 1.07. The van der Waals surface area contributed by atoms with Crippen LogP contribution in [0.1, 0.15) is 11.1 Å². The van der Waals surface area contributed by atoms with Crippen LogP contribution >= 0.6 is 0 Å². The summed E-state index contributed by atoms with van der Waals surface area (Å²) in [5.41, 5.74) is 12.1. The Labute approximate surface area is 374 Å². The molecule has 11 aromatic rings. The van der Waals surface area contributed by atoms with Crippen LogP contribution < -0.4 is 0 Å². The van der Waals surface area contributed by atoms with Crippen molar-refractivity contribution in [3.05, 3.63) is 217 Å². The fourth-order valence-electron chi connectivity index (χ4n) is 8.43. The molecule has 3 aromatic heterocycles. The van der Waals surface area contributed by atoms with Crippen LogP contribution in [0.25, 0.3) is 107 Å². The molecule has 0 amide bonds. The van der Waals surface area contributed by atoms with E-state index < -0.39 is 0 Å². The largest absolute Gasteiger partial charge is 0.309 e. The van der Waals surface area contributed by atoms with E-state index in [1.54, 1.807) is 12.1 Å². The van der Waals surface area contributed by atoms with Gasteiger partial charge in [-0.1, -0.05) is 152 Å².